The van der Waals surface area contributed by atoms with Gasteiger partial charge in [-0.3, -0.25) is 0 Å². The summed E-state index contributed by atoms with van der Waals surface area (Å²) in [4.78, 5) is 0. The van der Waals surface area contributed by atoms with Crippen LogP contribution < -0.4 is 10.2 Å². The zero-order valence-electron chi connectivity index (χ0n) is 17.2. The molecular weight excluding hydrogens is 469 g/mol. The highest BCUT2D eigenvalue weighted by atomic mass is 19.2. The summed E-state index contributed by atoms with van der Waals surface area (Å²) in [6.45, 7) is -1.96. The Morgan fingerprint density at radius 2 is 1.21 bits per heavy atom. The Bertz CT molecular complexity index is 1060. The van der Waals surface area contributed by atoms with Crippen molar-refractivity contribution in [1.29, 1.82) is 0 Å². The number of hydrogen-bond donors (Lipinski definition) is 0. The summed E-state index contributed by atoms with van der Waals surface area (Å²) >= 11 is 0. The molecule has 0 aliphatic heterocycles. The first-order chi connectivity index (χ1) is 15.2. The van der Waals surface area contributed by atoms with Crippen molar-refractivity contribution in [2.24, 2.45) is 0 Å². The molecule has 3 rings (SSSR count). The number of methoxy groups -OCH3 is 1. The third-order valence-electron chi connectivity index (χ3n) is 5.46. The fourth-order valence-electron chi connectivity index (χ4n) is 3.75. The molecule has 4 unspecified atom stereocenters. The number of alkyl halides is 4. The molecule has 2 aliphatic carbocycles. The number of rotatable bonds is 4. The van der Waals surface area contributed by atoms with Crippen molar-refractivity contribution in [1.82, 2.24) is 0 Å². The van der Waals surface area contributed by atoms with E-state index in [1.807, 2.05) is 0 Å². The molecule has 1 aromatic carbocycles. The molecule has 0 saturated heterocycles. The van der Waals surface area contributed by atoms with Gasteiger partial charge in [0.05, 0.1) is 7.11 Å². The summed E-state index contributed by atoms with van der Waals surface area (Å²) in [6, 6.07) is 1.24. The van der Waals surface area contributed by atoms with Gasteiger partial charge in [-0.1, -0.05) is 0 Å². The SMILES string of the molecule is COc1ccc(F)c(B(C2=C(F)C(F)C(C)(F)C=C2F)C2=C(F)C(F)C(C)(F)C=C2F)c1F. The number of halogens is 10. The van der Waals surface area contributed by atoms with Crippen LogP contribution in [0.25, 0.3) is 0 Å². The Morgan fingerprint density at radius 1 is 0.788 bits per heavy atom. The van der Waals surface area contributed by atoms with Gasteiger partial charge in [0.2, 0.25) is 0 Å². The first-order valence-electron chi connectivity index (χ1n) is 9.40. The van der Waals surface area contributed by atoms with Gasteiger partial charge in [0.15, 0.2) is 35.2 Å². The van der Waals surface area contributed by atoms with E-state index >= 15 is 4.39 Å². The van der Waals surface area contributed by atoms with E-state index < -0.39 is 87.5 Å². The van der Waals surface area contributed by atoms with Crippen LogP contribution in [-0.4, -0.2) is 37.5 Å². The van der Waals surface area contributed by atoms with Crippen molar-refractivity contribution >= 4 is 12.2 Å². The summed E-state index contributed by atoms with van der Waals surface area (Å²) in [6.07, 6.45) is -6.65. The average Bonchev–Trinajstić information content (AvgIpc) is 2.70. The second kappa shape index (κ2) is 8.29. The van der Waals surface area contributed by atoms with Gasteiger partial charge in [-0.25, -0.2) is 43.9 Å². The number of benzene rings is 1. The van der Waals surface area contributed by atoms with Crippen LogP contribution in [0.15, 0.2) is 58.5 Å². The minimum Gasteiger partial charge on any atom is -0.494 e. The zero-order valence-corrected chi connectivity index (χ0v) is 17.2. The van der Waals surface area contributed by atoms with E-state index in [4.69, 9.17) is 0 Å². The largest absolute Gasteiger partial charge is 0.494 e. The topological polar surface area (TPSA) is 9.23 Å². The fraction of sp³-hybridized carbons (Fsp3) is 0.333. The summed E-state index contributed by atoms with van der Waals surface area (Å²) in [5.41, 5.74) is -11.4. The van der Waals surface area contributed by atoms with Crippen molar-refractivity contribution in [3.8, 4) is 5.75 Å². The molecule has 0 N–H and O–H groups in total. The van der Waals surface area contributed by atoms with Crippen LogP contribution >= 0.6 is 0 Å². The third-order valence-corrected chi connectivity index (χ3v) is 5.46. The molecule has 4 atom stereocenters. The molecule has 178 valence electrons. The van der Waals surface area contributed by atoms with Crippen LogP contribution in [0.2, 0.25) is 0 Å². The van der Waals surface area contributed by atoms with E-state index in [1.54, 1.807) is 0 Å². The van der Waals surface area contributed by atoms with E-state index in [-0.39, 0.29) is 12.2 Å². The number of ether oxygens (including phenoxy) is 1. The average molecular weight is 484 g/mol. The Labute approximate surface area is 182 Å². The maximum atomic E-state index is 15.0. The molecule has 0 bridgehead atoms. The molecule has 0 spiro atoms. The van der Waals surface area contributed by atoms with Crippen LogP contribution in [0.1, 0.15) is 13.8 Å². The summed E-state index contributed by atoms with van der Waals surface area (Å²) in [7, 11) is 0.912. The van der Waals surface area contributed by atoms with Gasteiger partial charge in [0.1, 0.15) is 29.1 Å². The molecule has 2 aliphatic rings. The predicted molar refractivity (Wildman–Crippen MR) is 102 cm³/mol. The lowest BCUT2D eigenvalue weighted by Gasteiger charge is -2.32. The normalized spacial score (nSPS) is 30.3. The molecule has 33 heavy (non-hydrogen) atoms. The summed E-state index contributed by atoms with van der Waals surface area (Å²) in [5.74, 6) is -12.5. The van der Waals surface area contributed by atoms with Gasteiger partial charge in [-0.15, -0.1) is 0 Å². The highest BCUT2D eigenvalue weighted by Crippen LogP contribution is 2.45. The molecule has 0 saturated carbocycles. The zero-order chi connectivity index (χ0) is 25.0. The Kier molecular flexibility index (Phi) is 6.27. The van der Waals surface area contributed by atoms with E-state index in [9.17, 15) is 39.5 Å². The van der Waals surface area contributed by atoms with Crippen molar-refractivity contribution in [3.05, 3.63) is 70.2 Å². The predicted octanol–water partition coefficient (Wildman–Crippen LogP) is 6.07. The van der Waals surface area contributed by atoms with Crippen molar-refractivity contribution < 1.29 is 48.6 Å². The van der Waals surface area contributed by atoms with E-state index in [0.717, 1.165) is 13.2 Å². The van der Waals surface area contributed by atoms with Crippen molar-refractivity contribution in [2.75, 3.05) is 7.11 Å². The van der Waals surface area contributed by atoms with E-state index in [1.165, 1.54) is 0 Å². The van der Waals surface area contributed by atoms with Crippen molar-refractivity contribution in [3.63, 3.8) is 0 Å². The molecule has 0 heterocycles. The van der Waals surface area contributed by atoms with E-state index in [2.05, 4.69) is 4.74 Å². The smallest absolute Gasteiger partial charge is 0.263 e. The summed E-state index contributed by atoms with van der Waals surface area (Å²) < 4.78 is 151. The quantitative estimate of drug-likeness (QED) is 0.373. The number of hydrogen-bond acceptors (Lipinski definition) is 1. The molecule has 0 aromatic heterocycles. The first-order valence-corrected chi connectivity index (χ1v) is 9.40. The standard InChI is InChI=1S/C21H15BF10O/c1-20(31)6-9(24)13(16(27)18(20)29)22(12-8(23)4-5-11(33-3)15(12)26)14-10(25)7-21(2,32)19(30)17(14)28/h4-7,18-19H,1-3H3. The molecule has 12 heteroatoms. The minimum absolute atomic E-state index is 0.0891. The van der Waals surface area contributed by atoms with Crippen molar-refractivity contribution in [2.45, 2.75) is 37.5 Å². The summed E-state index contributed by atoms with van der Waals surface area (Å²) in [5, 5.41) is 0. The Hall–Kier alpha value is -2.66. The molecular formula is C21H15BF10O. The van der Waals surface area contributed by atoms with Gasteiger partial charge in [0.25, 0.3) is 6.71 Å². The second-order valence-electron chi connectivity index (χ2n) is 7.95. The van der Waals surface area contributed by atoms with Gasteiger partial charge in [-0.2, -0.15) is 0 Å². The van der Waals surface area contributed by atoms with Crippen LogP contribution in [0, 0.1) is 11.6 Å². The van der Waals surface area contributed by atoms with E-state index in [0.29, 0.717) is 19.9 Å². The second-order valence-corrected chi connectivity index (χ2v) is 7.95. The molecule has 1 nitrogen and oxygen atoms in total. The maximum absolute atomic E-state index is 15.0. The third kappa shape index (κ3) is 3.97. The van der Waals surface area contributed by atoms with Crippen LogP contribution in [-0.2, 0) is 0 Å². The lowest BCUT2D eigenvalue weighted by Crippen LogP contribution is -2.47. The maximum Gasteiger partial charge on any atom is 0.263 e. The molecule has 0 fully saturated rings. The number of allylic oxidation sites excluding steroid dienone is 8. The van der Waals surface area contributed by atoms with Gasteiger partial charge >= 0.3 is 0 Å². The van der Waals surface area contributed by atoms with Crippen LogP contribution in [0.4, 0.5) is 43.9 Å². The highest BCUT2D eigenvalue weighted by Gasteiger charge is 2.52. The fourth-order valence-corrected chi connectivity index (χ4v) is 3.75. The molecule has 1 aromatic rings. The highest BCUT2D eigenvalue weighted by molar-refractivity contribution is 6.87. The van der Waals surface area contributed by atoms with Crippen LogP contribution in [0.5, 0.6) is 5.75 Å². The molecule has 0 radical (unpaired) electrons. The lowest BCUT2D eigenvalue weighted by molar-refractivity contribution is 0.113. The van der Waals surface area contributed by atoms with Crippen LogP contribution in [0.3, 0.4) is 0 Å². The van der Waals surface area contributed by atoms with Gasteiger partial charge < -0.3 is 4.74 Å². The minimum atomic E-state index is -3.26. The Morgan fingerprint density at radius 3 is 1.61 bits per heavy atom. The lowest BCUT2D eigenvalue weighted by atomic mass is 9.33. The molecule has 0 amide bonds. The van der Waals surface area contributed by atoms with Gasteiger partial charge in [-0.05, 0) is 38.1 Å². The van der Waals surface area contributed by atoms with Gasteiger partial charge in [0, 0.05) is 16.4 Å². The first kappa shape index (κ1) is 25.0. The monoisotopic (exact) mass is 484 g/mol. The Balaban J connectivity index is 2.44.